The van der Waals surface area contributed by atoms with E-state index >= 15 is 0 Å². The first-order chi connectivity index (χ1) is 4.77. The minimum Gasteiger partial charge on any atom is -0.454 e. The molecule has 0 spiro atoms. The lowest BCUT2D eigenvalue weighted by atomic mass is 10.3. The first-order valence-electron chi connectivity index (χ1n) is 3.28. The normalized spacial score (nSPS) is 30.6. The van der Waals surface area contributed by atoms with E-state index in [0.29, 0.717) is 12.0 Å². The van der Waals surface area contributed by atoms with Gasteiger partial charge in [-0.1, -0.05) is 0 Å². The van der Waals surface area contributed by atoms with Crippen LogP contribution >= 0.6 is 15.9 Å². The maximum absolute atomic E-state index is 5.63. The molecule has 1 aliphatic carbocycles. The first-order valence-corrected chi connectivity index (χ1v) is 4.07. The lowest BCUT2D eigenvalue weighted by Crippen LogP contribution is -1.99. The summed E-state index contributed by atoms with van der Waals surface area (Å²) in [5.74, 6) is 1.49. The quantitative estimate of drug-likeness (QED) is 0.754. The second kappa shape index (κ2) is 2.10. The molecule has 0 radical (unpaired) electrons. The summed E-state index contributed by atoms with van der Waals surface area (Å²) in [4.78, 5) is 0. The van der Waals surface area contributed by atoms with Crippen LogP contribution in [0.2, 0.25) is 0 Å². The molecule has 1 aromatic heterocycles. The van der Waals surface area contributed by atoms with Gasteiger partial charge in [-0.3, -0.25) is 0 Å². The highest BCUT2D eigenvalue weighted by Gasteiger charge is 2.37. The highest BCUT2D eigenvalue weighted by Crippen LogP contribution is 2.40. The average Bonchev–Trinajstić information content (AvgIpc) is 2.42. The van der Waals surface area contributed by atoms with Gasteiger partial charge >= 0.3 is 0 Å². The standard InChI is InChI=1S/C7H8BrNO/c8-7-2-1-6(10-7)4-3-5(4)9/h1-2,4-5H,3,9H2/t4-,5-/m1/s1. The predicted octanol–water partition coefficient (Wildman–Crippen LogP) is 1.86. The summed E-state index contributed by atoms with van der Waals surface area (Å²) in [5.41, 5.74) is 5.63. The fraction of sp³-hybridized carbons (Fsp3) is 0.429. The van der Waals surface area contributed by atoms with Gasteiger partial charge in [0.05, 0.1) is 0 Å². The van der Waals surface area contributed by atoms with Gasteiger partial charge in [-0.05, 0) is 34.5 Å². The lowest BCUT2D eigenvalue weighted by molar-refractivity contribution is 0.487. The fourth-order valence-corrected chi connectivity index (χ4v) is 1.39. The van der Waals surface area contributed by atoms with Crippen LogP contribution in [0, 0.1) is 0 Å². The highest BCUT2D eigenvalue weighted by atomic mass is 79.9. The van der Waals surface area contributed by atoms with Crippen molar-refractivity contribution < 1.29 is 4.42 Å². The molecule has 0 saturated heterocycles. The van der Waals surface area contributed by atoms with Crippen LogP contribution in [-0.2, 0) is 0 Å². The molecule has 1 saturated carbocycles. The van der Waals surface area contributed by atoms with E-state index < -0.39 is 0 Å². The van der Waals surface area contributed by atoms with E-state index in [2.05, 4.69) is 15.9 Å². The summed E-state index contributed by atoms with van der Waals surface area (Å²) in [7, 11) is 0. The van der Waals surface area contributed by atoms with Crippen LogP contribution in [0.3, 0.4) is 0 Å². The van der Waals surface area contributed by atoms with E-state index in [9.17, 15) is 0 Å². The van der Waals surface area contributed by atoms with Gasteiger partial charge in [-0.2, -0.15) is 0 Å². The maximum atomic E-state index is 5.63. The Morgan fingerprint density at radius 3 is 2.70 bits per heavy atom. The number of nitrogens with two attached hydrogens (primary N) is 1. The van der Waals surface area contributed by atoms with Crippen LogP contribution in [0.5, 0.6) is 0 Å². The molecule has 2 nitrogen and oxygen atoms in total. The summed E-state index contributed by atoms with van der Waals surface area (Å²) in [6, 6.07) is 4.21. The van der Waals surface area contributed by atoms with Crippen LogP contribution in [0.4, 0.5) is 0 Å². The van der Waals surface area contributed by atoms with Gasteiger partial charge in [0.1, 0.15) is 5.76 Å². The summed E-state index contributed by atoms with van der Waals surface area (Å²) in [6.07, 6.45) is 1.07. The Morgan fingerprint density at radius 2 is 2.30 bits per heavy atom. The molecule has 0 bridgehead atoms. The van der Waals surface area contributed by atoms with Crippen molar-refractivity contribution in [2.24, 2.45) is 5.73 Å². The summed E-state index contributed by atoms with van der Waals surface area (Å²) >= 11 is 3.24. The topological polar surface area (TPSA) is 39.2 Å². The molecule has 0 aromatic carbocycles. The SMILES string of the molecule is N[C@@H]1C[C@H]1c1ccc(Br)o1. The maximum Gasteiger partial charge on any atom is 0.169 e. The molecular formula is C7H8BrNO. The molecule has 2 N–H and O–H groups in total. The second-order valence-electron chi connectivity index (χ2n) is 2.65. The Bertz CT molecular complexity index is 246. The van der Waals surface area contributed by atoms with Crippen molar-refractivity contribution in [2.45, 2.75) is 18.4 Å². The molecule has 2 rings (SSSR count). The van der Waals surface area contributed by atoms with E-state index in [1.54, 1.807) is 0 Å². The number of rotatable bonds is 1. The van der Waals surface area contributed by atoms with Gasteiger partial charge in [0.2, 0.25) is 0 Å². The Morgan fingerprint density at radius 1 is 1.60 bits per heavy atom. The first kappa shape index (κ1) is 6.43. The van der Waals surface area contributed by atoms with Crippen LogP contribution in [0.1, 0.15) is 18.1 Å². The summed E-state index contributed by atoms with van der Waals surface area (Å²) in [5, 5.41) is 0. The Labute approximate surface area is 67.5 Å². The zero-order valence-electron chi connectivity index (χ0n) is 5.38. The predicted molar refractivity (Wildman–Crippen MR) is 41.7 cm³/mol. The molecule has 3 heteroatoms. The van der Waals surface area contributed by atoms with Gasteiger partial charge in [-0.15, -0.1) is 0 Å². The Hall–Kier alpha value is -0.280. The number of halogens is 1. The minimum absolute atomic E-state index is 0.332. The molecule has 0 aliphatic heterocycles. The third kappa shape index (κ3) is 0.995. The van der Waals surface area contributed by atoms with Crippen molar-refractivity contribution in [2.75, 3.05) is 0 Å². The Kier molecular flexibility index (Phi) is 1.35. The third-order valence-electron chi connectivity index (χ3n) is 1.80. The largest absolute Gasteiger partial charge is 0.454 e. The smallest absolute Gasteiger partial charge is 0.169 e. The number of hydrogen-bond donors (Lipinski definition) is 1. The summed E-state index contributed by atoms with van der Waals surface area (Å²) in [6.45, 7) is 0. The van der Waals surface area contributed by atoms with Crippen LogP contribution in [0.15, 0.2) is 21.2 Å². The zero-order valence-corrected chi connectivity index (χ0v) is 6.97. The van der Waals surface area contributed by atoms with E-state index in [0.717, 1.165) is 16.9 Å². The van der Waals surface area contributed by atoms with Crippen molar-refractivity contribution in [3.8, 4) is 0 Å². The Balaban J connectivity index is 2.20. The number of furan rings is 1. The van der Waals surface area contributed by atoms with Crippen LogP contribution in [-0.4, -0.2) is 6.04 Å². The van der Waals surface area contributed by atoms with E-state index in [4.69, 9.17) is 10.2 Å². The number of hydrogen-bond acceptors (Lipinski definition) is 2. The lowest BCUT2D eigenvalue weighted by Gasteiger charge is -1.87. The van der Waals surface area contributed by atoms with Crippen molar-refractivity contribution in [1.29, 1.82) is 0 Å². The molecule has 0 unspecified atom stereocenters. The summed E-state index contributed by atoms with van der Waals surface area (Å²) < 4.78 is 6.11. The van der Waals surface area contributed by atoms with Crippen molar-refractivity contribution in [3.63, 3.8) is 0 Å². The molecule has 1 aromatic rings. The van der Waals surface area contributed by atoms with Crippen molar-refractivity contribution >= 4 is 15.9 Å². The fourth-order valence-electron chi connectivity index (χ4n) is 1.07. The van der Waals surface area contributed by atoms with Crippen LogP contribution in [0.25, 0.3) is 0 Å². The van der Waals surface area contributed by atoms with Gasteiger partial charge in [0.25, 0.3) is 0 Å². The highest BCUT2D eigenvalue weighted by molar-refractivity contribution is 9.10. The molecule has 54 valence electrons. The molecule has 2 atom stereocenters. The molecule has 1 fully saturated rings. The van der Waals surface area contributed by atoms with Crippen molar-refractivity contribution in [3.05, 3.63) is 22.6 Å². The zero-order chi connectivity index (χ0) is 7.14. The molecule has 10 heavy (non-hydrogen) atoms. The monoisotopic (exact) mass is 201 g/mol. The molecule has 1 heterocycles. The van der Waals surface area contributed by atoms with Gasteiger partial charge in [0.15, 0.2) is 4.67 Å². The van der Waals surface area contributed by atoms with E-state index in [1.807, 2.05) is 12.1 Å². The van der Waals surface area contributed by atoms with Gasteiger partial charge < -0.3 is 10.2 Å². The average molecular weight is 202 g/mol. The van der Waals surface area contributed by atoms with E-state index in [1.165, 1.54) is 0 Å². The molecular weight excluding hydrogens is 194 g/mol. The van der Waals surface area contributed by atoms with Gasteiger partial charge in [0, 0.05) is 12.0 Å². The van der Waals surface area contributed by atoms with Crippen LogP contribution < -0.4 is 5.73 Å². The minimum atomic E-state index is 0.332. The van der Waals surface area contributed by atoms with Crippen molar-refractivity contribution in [1.82, 2.24) is 0 Å². The van der Waals surface area contributed by atoms with Gasteiger partial charge in [-0.25, -0.2) is 0 Å². The van der Waals surface area contributed by atoms with E-state index in [-0.39, 0.29) is 0 Å². The third-order valence-corrected chi connectivity index (χ3v) is 2.23. The molecule has 1 aliphatic rings. The molecule has 0 amide bonds. The second-order valence-corrected chi connectivity index (χ2v) is 3.43.